The lowest BCUT2D eigenvalue weighted by Crippen LogP contribution is -2.00. The Morgan fingerprint density at radius 2 is 1.02 bits per heavy atom. The van der Waals surface area contributed by atoms with Gasteiger partial charge in [0.05, 0.1) is 11.0 Å². The van der Waals surface area contributed by atoms with Gasteiger partial charge in [0.1, 0.15) is 4.83 Å². The zero-order valence-corrected chi connectivity index (χ0v) is 27.5. The fraction of sp³-hybridized carbons (Fsp3) is 0. The van der Waals surface area contributed by atoms with Crippen molar-refractivity contribution in [3.63, 3.8) is 0 Å². The van der Waals surface area contributed by atoms with Gasteiger partial charge in [0.2, 0.25) is 0 Å². The summed E-state index contributed by atoms with van der Waals surface area (Å²) in [6, 6.07) is 55.0. The van der Waals surface area contributed by atoms with Gasteiger partial charge in [-0.3, -0.25) is 0 Å². The minimum Gasteiger partial charge on any atom is -0.309 e. The zero-order valence-electron chi connectivity index (χ0n) is 26.7. The maximum absolute atomic E-state index is 5.06. The molecule has 0 atom stereocenters. The van der Waals surface area contributed by atoms with E-state index < -0.39 is 0 Å². The van der Waals surface area contributed by atoms with Crippen molar-refractivity contribution in [3.8, 4) is 51.0 Å². The van der Waals surface area contributed by atoms with Crippen molar-refractivity contribution in [1.82, 2.24) is 24.5 Å². The van der Waals surface area contributed by atoms with Crippen LogP contribution in [0.5, 0.6) is 0 Å². The molecule has 0 amide bonds. The molecule has 0 aliphatic carbocycles. The molecule has 0 aliphatic rings. The summed E-state index contributed by atoms with van der Waals surface area (Å²) in [5.41, 5.74) is 8.68. The normalized spacial score (nSPS) is 11.6. The Morgan fingerprint density at radius 1 is 0.440 bits per heavy atom. The lowest BCUT2D eigenvalue weighted by atomic mass is 10.00. The van der Waals surface area contributed by atoms with Gasteiger partial charge in [-0.15, -0.1) is 11.3 Å². The van der Waals surface area contributed by atoms with E-state index in [2.05, 4.69) is 95.6 Å². The van der Waals surface area contributed by atoms with Crippen molar-refractivity contribution in [2.75, 3.05) is 0 Å². The lowest BCUT2D eigenvalue weighted by Gasteiger charge is -2.10. The first-order chi connectivity index (χ1) is 24.8. The van der Waals surface area contributed by atoms with E-state index in [4.69, 9.17) is 19.9 Å². The molecule has 6 heteroatoms. The Labute approximate surface area is 291 Å². The monoisotopic (exact) mass is 657 g/mol. The van der Waals surface area contributed by atoms with Gasteiger partial charge in [-0.05, 0) is 59.7 Å². The van der Waals surface area contributed by atoms with Crippen molar-refractivity contribution in [3.05, 3.63) is 164 Å². The maximum atomic E-state index is 5.06. The molecule has 10 rings (SSSR count). The Bertz CT molecular complexity index is 2800. The van der Waals surface area contributed by atoms with Crippen LogP contribution in [-0.2, 0) is 0 Å². The first-order valence-corrected chi connectivity index (χ1v) is 17.4. The predicted octanol–water partition coefficient (Wildman–Crippen LogP) is 11.4. The third-order valence-corrected chi connectivity index (χ3v) is 10.4. The second-order valence-corrected chi connectivity index (χ2v) is 13.3. The third kappa shape index (κ3) is 4.69. The summed E-state index contributed by atoms with van der Waals surface area (Å²) in [6.45, 7) is 0. The van der Waals surface area contributed by atoms with E-state index in [1.165, 1.54) is 26.5 Å². The standard InChI is InChI=1S/C44H27N5S/c1-4-12-28(13-5-1)41-46-42(29-14-6-2-7-15-29)48-43(47-41)34-24-25-45-44-40(34)36-27-31(21-23-39(36)50-44)30-20-22-38-35(26-30)33-18-10-11-19-37(33)49(38)32-16-8-3-9-17-32/h1-27H. The quantitative estimate of drug-likeness (QED) is 0.185. The van der Waals surface area contributed by atoms with Crippen molar-refractivity contribution >= 4 is 53.4 Å². The number of hydrogen-bond acceptors (Lipinski definition) is 5. The van der Waals surface area contributed by atoms with Gasteiger partial charge in [0, 0.05) is 54.8 Å². The first kappa shape index (κ1) is 28.5. The summed E-state index contributed by atoms with van der Waals surface area (Å²) in [7, 11) is 0. The highest BCUT2D eigenvalue weighted by Crippen LogP contribution is 2.41. The molecule has 0 fully saturated rings. The number of benzene rings is 6. The Kier molecular flexibility index (Phi) is 6.60. The lowest BCUT2D eigenvalue weighted by molar-refractivity contribution is 1.08. The zero-order chi connectivity index (χ0) is 33.0. The molecule has 6 aromatic carbocycles. The fourth-order valence-corrected chi connectivity index (χ4v) is 8.05. The summed E-state index contributed by atoms with van der Waals surface area (Å²) >= 11 is 1.70. The van der Waals surface area contributed by atoms with Crippen LogP contribution in [0.3, 0.4) is 0 Å². The van der Waals surface area contributed by atoms with Gasteiger partial charge in [-0.2, -0.15) is 0 Å². The number of hydrogen-bond donors (Lipinski definition) is 0. The van der Waals surface area contributed by atoms with Crippen molar-refractivity contribution in [2.24, 2.45) is 0 Å². The Morgan fingerprint density at radius 3 is 1.74 bits per heavy atom. The average Bonchev–Trinajstić information content (AvgIpc) is 3.74. The van der Waals surface area contributed by atoms with Gasteiger partial charge in [-0.25, -0.2) is 19.9 Å². The van der Waals surface area contributed by atoms with Crippen LogP contribution in [-0.4, -0.2) is 24.5 Å². The number of para-hydroxylation sites is 2. The number of nitrogens with zero attached hydrogens (tertiary/aromatic N) is 5. The van der Waals surface area contributed by atoms with Gasteiger partial charge in [-0.1, -0.05) is 109 Å². The van der Waals surface area contributed by atoms with E-state index in [1.807, 2.05) is 72.9 Å². The summed E-state index contributed by atoms with van der Waals surface area (Å²) in [5, 5.41) is 4.66. The molecule has 5 nitrogen and oxygen atoms in total. The van der Waals surface area contributed by atoms with Crippen LogP contribution in [0.25, 0.3) is 93.1 Å². The summed E-state index contributed by atoms with van der Waals surface area (Å²) < 4.78 is 3.52. The highest BCUT2D eigenvalue weighted by molar-refractivity contribution is 7.25. The second-order valence-electron chi connectivity index (χ2n) is 12.3. The number of fused-ring (bicyclic) bond motifs is 6. The molecule has 50 heavy (non-hydrogen) atoms. The van der Waals surface area contributed by atoms with E-state index in [1.54, 1.807) is 11.3 Å². The van der Waals surface area contributed by atoms with Crippen LogP contribution in [0.15, 0.2) is 164 Å². The van der Waals surface area contributed by atoms with Crippen LogP contribution >= 0.6 is 11.3 Å². The summed E-state index contributed by atoms with van der Waals surface area (Å²) in [6.07, 6.45) is 1.86. The molecule has 0 aliphatic heterocycles. The molecular formula is C44H27N5S. The SMILES string of the molecule is c1ccc(-c2nc(-c3ccccc3)nc(-c3ccnc4sc5ccc(-c6ccc7c(c6)c6ccccc6n7-c6ccccc6)cc5c34)n2)cc1. The number of aromatic nitrogens is 5. The maximum Gasteiger partial charge on any atom is 0.164 e. The van der Waals surface area contributed by atoms with Crippen molar-refractivity contribution in [1.29, 1.82) is 0 Å². The number of pyridine rings is 1. The molecule has 0 saturated carbocycles. The predicted molar refractivity (Wildman–Crippen MR) is 207 cm³/mol. The van der Waals surface area contributed by atoms with Crippen LogP contribution in [0.4, 0.5) is 0 Å². The molecule has 0 saturated heterocycles. The topological polar surface area (TPSA) is 56.5 Å². The molecule has 4 aromatic heterocycles. The molecule has 234 valence electrons. The van der Waals surface area contributed by atoms with Crippen LogP contribution in [0.2, 0.25) is 0 Å². The molecule has 0 spiro atoms. The molecule has 0 radical (unpaired) electrons. The van der Waals surface area contributed by atoms with E-state index in [-0.39, 0.29) is 0 Å². The van der Waals surface area contributed by atoms with Gasteiger partial charge < -0.3 is 4.57 Å². The Hall–Kier alpha value is -6.50. The summed E-state index contributed by atoms with van der Waals surface area (Å²) in [4.78, 5) is 20.8. The summed E-state index contributed by atoms with van der Waals surface area (Å²) in [5.74, 6) is 1.91. The third-order valence-electron chi connectivity index (χ3n) is 9.33. The smallest absolute Gasteiger partial charge is 0.164 e. The van der Waals surface area contributed by atoms with Crippen LogP contribution in [0, 0.1) is 0 Å². The van der Waals surface area contributed by atoms with Crippen LogP contribution in [0.1, 0.15) is 0 Å². The molecule has 0 bridgehead atoms. The minimum atomic E-state index is 0.630. The van der Waals surface area contributed by atoms with Gasteiger partial charge >= 0.3 is 0 Å². The molecule has 0 N–H and O–H groups in total. The first-order valence-electron chi connectivity index (χ1n) is 16.6. The molecule has 10 aromatic rings. The largest absolute Gasteiger partial charge is 0.309 e. The number of thiophene rings is 1. The second kappa shape index (κ2) is 11.6. The number of rotatable bonds is 5. The minimum absolute atomic E-state index is 0.630. The van der Waals surface area contributed by atoms with E-state index >= 15 is 0 Å². The van der Waals surface area contributed by atoms with E-state index in [9.17, 15) is 0 Å². The molecular weight excluding hydrogens is 631 g/mol. The highest BCUT2D eigenvalue weighted by Gasteiger charge is 2.19. The van der Waals surface area contributed by atoms with Crippen molar-refractivity contribution in [2.45, 2.75) is 0 Å². The highest BCUT2D eigenvalue weighted by atomic mass is 32.1. The fourth-order valence-electron chi connectivity index (χ4n) is 7.00. The van der Waals surface area contributed by atoms with E-state index in [0.29, 0.717) is 17.5 Å². The Balaban J connectivity index is 1.16. The molecule has 4 heterocycles. The average molecular weight is 658 g/mol. The molecule has 0 unspecified atom stereocenters. The van der Waals surface area contributed by atoms with Crippen LogP contribution < -0.4 is 0 Å². The van der Waals surface area contributed by atoms with Crippen molar-refractivity contribution < 1.29 is 0 Å². The van der Waals surface area contributed by atoms with Gasteiger partial charge in [0.25, 0.3) is 0 Å². The van der Waals surface area contributed by atoms with E-state index in [0.717, 1.165) is 49.1 Å². The van der Waals surface area contributed by atoms with Gasteiger partial charge in [0.15, 0.2) is 17.5 Å².